The first kappa shape index (κ1) is 17.0. The van der Waals surface area contributed by atoms with Crippen LogP contribution in [0.4, 0.5) is 5.95 Å². The van der Waals surface area contributed by atoms with Gasteiger partial charge in [0.1, 0.15) is 5.76 Å². The smallest absolute Gasteiger partial charge is 0.203 e. The minimum Gasteiger partial charge on any atom is -0.361 e. The average Bonchev–Trinajstić information content (AvgIpc) is 3.22. The van der Waals surface area contributed by atoms with Crippen LogP contribution in [0.1, 0.15) is 29.3 Å². The minimum atomic E-state index is 0.824. The molecule has 3 aromatic heterocycles. The average molecular weight is 376 g/mol. The summed E-state index contributed by atoms with van der Waals surface area (Å²) < 4.78 is 7.36. The predicted molar refractivity (Wildman–Crippen MR) is 110 cm³/mol. The topological polar surface area (TPSA) is 75.8 Å². The number of imidazole rings is 1. The Hall–Kier alpha value is -3.09. The third-order valence-corrected chi connectivity index (χ3v) is 5.83. The maximum absolute atomic E-state index is 5.43. The van der Waals surface area contributed by atoms with Crippen LogP contribution in [0.25, 0.3) is 33.3 Å². The van der Waals surface area contributed by atoms with Crippen molar-refractivity contribution in [1.29, 1.82) is 0 Å². The number of nitrogens with one attached hydrogen (secondary N) is 1. The van der Waals surface area contributed by atoms with Gasteiger partial charge in [-0.15, -0.1) is 0 Å². The van der Waals surface area contributed by atoms with E-state index in [-0.39, 0.29) is 0 Å². The fraction of sp³-hybridized carbons (Fsp3) is 0.381. The number of anilines is 1. The molecule has 1 fully saturated rings. The van der Waals surface area contributed by atoms with E-state index in [4.69, 9.17) is 9.51 Å². The molecule has 0 atom stereocenters. The largest absolute Gasteiger partial charge is 0.361 e. The van der Waals surface area contributed by atoms with Crippen LogP contribution in [0.3, 0.4) is 0 Å². The zero-order chi connectivity index (χ0) is 19.6. The highest BCUT2D eigenvalue weighted by Crippen LogP contribution is 2.38. The maximum atomic E-state index is 5.43. The van der Waals surface area contributed by atoms with E-state index in [9.17, 15) is 0 Å². The normalized spacial score (nSPS) is 14.1. The quantitative estimate of drug-likeness (QED) is 0.583. The zero-order valence-electron chi connectivity index (χ0n) is 16.9. The van der Waals surface area contributed by atoms with E-state index in [0.717, 1.165) is 75.2 Å². The molecular formula is C21H24N6O. The molecule has 1 aromatic carbocycles. The summed E-state index contributed by atoms with van der Waals surface area (Å²) in [5.74, 6) is 1.77. The van der Waals surface area contributed by atoms with E-state index in [1.54, 1.807) is 0 Å². The molecule has 1 saturated heterocycles. The van der Waals surface area contributed by atoms with Gasteiger partial charge in [-0.1, -0.05) is 5.16 Å². The molecular weight excluding hydrogens is 352 g/mol. The van der Waals surface area contributed by atoms with Gasteiger partial charge in [-0.3, -0.25) is 4.68 Å². The second-order valence-corrected chi connectivity index (χ2v) is 7.69. The van der Waals surface area contributed by atoms with Crippen molar-refractivity contribution in [2.24, 2.45) is 7.05 Å². The molecule has 0 aliphatic carbocycles. The van der Waals surface area contributed by atoms with Crippen molar-refractivity contribution in [3.63, 3.8) is 0 Å². The highest BCUT2D eigenvalue weighted by Gasteiger charge is 2.23. The fourth-order valence-electron chi connectivity index (χ4n) is 4.18. The van der Waals surface area contributed by atoms with Gasteiger partial charge in [0, 0.05) is 42.5 Å². The van der Waals surface area contributed by atoms with Crippen LogP contribution in [0.5, 0.6) is 0 Å². The molecule has 0 radical (unpaired) electrons. The lowest BCUT2D eigenvalue weighted by Gasteiger charge is -2.30. The number of benzene rings is 1. The SMILES string of the molecule is Cc1noc(C)c1-c1cc(-c2c(C)nn(C)c2C)c2nc(N3CCC3)[nH]c2c1. The Morgan fingerprint density at radius 3 is 2.39 bits per heavy atom. The maximum Gasteiger partial charge on any atom is 0.203 e. The van der Waals surface area contributed by atoms with Crippen molar-refractivity contribution in [2.45, 2.75) is 34.1 Å². The Morgan fingerprint density at radius 1 is 1.04 bits per heavy atom. The Bertz CT molecular complexity index is 1190. The van der Waals surface area contributed by atoms with Crippen molar-refractivity contribution in [2.75, 3.05) is 18.0 Å². The van der Waals surface area contributed by atoms with Gasteiger partial charge in [0.2, 0.25) is 5.95 Å². The van der Waals surface area contributed by atoms with E-state index in [0.29, 0.717) is 0 Å². The molecule has 5 rings (SSSR count). The van der Waals surface area contributed by atoms with Crippen molar-refractivity contribution in [1.82, 2.24) is 24.9 Å². The molecule has 0 bridgehead atoms. The van der Waals surface area contributed by atoms with E-state index in [2.05, 4.69) is 46.1 Å². The molecule has 4 aromatic rings. The number of aromatic nitrogens is 5. The Kier molecular flexibility index (Phi) is 3.62. The predicted octanol–water partition coefficient (Wildman–Crippen LogP) is 4.06. The van der Waals surface area contributed by atoms with Crippen LogP contribution in [-0.4, -0.2) is 38.0 Å². The van der Waals surface area contributed by atoms with Gasteiger partial charge in [-0.2, -0.15) is 5.10 Å². The summed E-state index contributed by atoms with van der Waals surface area (Å²) in [6.07, 6.45) is 1.22. The first-order valence-corrected chi connectivity index (χ1v) is 9.66. The van der Waals surface area contributed by atoms with Crippen molar-refractivity contribution in [3.05, 3.63) is 35.0 Å². The van der Waals surface area contributed by atoms with Crippen LogP contribution in [-0.2, 0) is 7.05 Å². The number of H-pyrrole nitrogens is 1. The Balaban J connectivity index is 1.82. The van der Waals surface area contributed by atoms with Gasteiger partial charge >= 0.3 is 0 Å². The fourth-order valence-corrected chi connectivity index (χ4v) is 4.18. The molecule has 4 heterocycles. The summed E-state index contributed by atoms with van der Waals surface area (Å²) in [4.78, 5) is 10.8. The molecule has 1 N–H and O–H groups in total. The Morgan fingerprint density at radius 2 is 1.82 bits per heavy atom. The summed E-state index contributed by atoms with van der Waals surface area (Å²) in [5, 5.41) is 8.77. The summed E-state index contributed by atoms with van der Waals surface area (Å²) in [7, 11) is 1.98. The molecule has 1 aliphatic rings. The van der Waals surface area contributed by atoms with Gasteiger partial charge in [0.25, 0.3) is 0 Å². The first-order chi connectivity index (χ1) is 13.4. The highest BCUT2D eigenvalue weighted by molar-refractivity contribution is 5.98. The summed E-state index contributed by atoms with van der Waals surface area (Å²) >= 11 is 0. The number of nitrogens with zero attached hydrogens (tertiary/aromatic N) is 5. The van der Waals surface area contributed by atoms with Gasteiger partial charge in [-0.25, -0.2) is 4.98 Å². The molecule has 144 valence electrons. The molecule has 1 aliphatic heterocycles. The van der Waals surface area contributed by atoms with Crippen LogP contribution >= 0.6 is 0 Å². The number of rotatable bonds is 3. The molecule has 0 amide bonds. The minimum absolute atomic E-state index is 0.824. The summed E-state index contributed by atoms with van der Waals surface area (Å²) in [5.41, 5.74) is 9.40. The first-order valence-electron chi connectivity index (χ1n) is 9.66. The molecule has 0 spiro atoms. The molecule has 7 nitrogen and oxygen atoms in total. The van der Waals surface area contributed by atoms with Gasteiger partial charge in [0.05, 0.1) is 22.4 Å². The summed E-state index contributed by atoms with van der Waals surface area (Å²) in [6, 6.07) is 4.36. The summed E-state index contributed by atoms with van der Waals surface area (Å²) in [6.45, 7) is 10.2. The monoisotopic (exact) mass is 376 g/mol. The second-order valence-electron chi connectivity index (χ2n) is 7.69. The van der Waals surface area contributed by atoms with E-state index in [1.165, 1.54) is 6.42 Å². The number of hydrogen-bond donors (Lipinski definition) is 1. The number of aromatic amines is 1. The van der Waals surface area contributed by atoms with Crippen molar-refractivity contribution >= 4 is 17.0 Å². The number of hydrogen-bond acceptors (Lipinski definition) is 5. The van der Waals surface area contributed by atoms with Crippen LogP contribution in [0, 0.1) is 27.7 Å². The molecule has 0 saturated carbocycles. The van der Waals surface area contributed by atoms with Crippen LogP contribution in [0.2, 0.25) is 0 Å². The third kappa shape index (κ3) is 2.38. The number of fused-ring (bicyclic) bond motifs is 1. The third-order valence-electron chi connectivity index (χ3n) is 5.83. The lowest BCUT2D eigenvalue weighted by atomic mass is 9.95. The lowest BCUT2D eigenvalue weighted by Crippen LogP contribution is -2.37. The zero-order valence-corrected chi connectivity index (χ0v) is 16.9. The second kappa shape index (κ2) is 5.95. The molecule has 0 unspecified atom stereocenters. The van der Waals surface area contributed by atoms with E-state index < -0.39 is 0 Å². The lowest BCUT2D eigenvalue weighted by molar-refractivity contribution is 0.393. The van der Waals surface area contributed by atoms with Crippen LogP contribution < -0.4 is 4.90 Å². The van der Waals surface area contributed by atoms with Gasteiger partial charge in [-0.05, 0) is 51.8 Å². The van der Waals surface area contributed by atoms with Gasteiger partial charge in [0.15, 0.2) is 0 Å². The standard InChI is InChI=1S/C21H24N6O/c1-11-18(13(3)26(5)24-11)16-9-15(19-12(2)25-28-14(19)4)10-17-20(16)23-21(22-17)27-7-6-8-27/h9-10H,6-8H2,1-5H3,(H,22,23). The van der Waals surface area contributed by atoms with Gasteiger partial charge < -0.3 is 14.4 Å². The van der Waals surface area contributed by atoms with Crippen molar-refractivity contribution < 1.29 is 4.52 Å². The van der Waals surface area contributed by atoms with E-state index >= 15 is 0 Å². The highest BCUT2D eigenvalue weighted by atomic mass is 16.5. The van der Waals surface area contributed by atoms with E-state index in [1.807, 2.05) is 25.6 Å². The number of aryl methyl sites for hydroxylation is 4. The van der Waals surface area contributed by atoms with Crippen molar-refractivity contribution in [3.8, 4) is 22.3 Å². The van der Waals surface area contributed by atoms with Crippen LogP contribution in [0.15, 0.2) is 16.7 Å². The Labute approximate surface area is 163 Å². The molecule has 28 heavy (non-hydrogen) atoms. The molecule has 7 heteroatoms.